The predicted molar refractivity (Wildman–Crippen MR) is 79.1 cm³/mol. The number of sulfonamides is 1. The lowest BCUT2D eigenvalue weighted by Crippen LogP contribution is -2.45. The first-order valence-electron chi connectivity index (χ1n) is 7.11. The van der Waals surface area contributed by atoms with E-state index in [0.29, 0.717) is 24.9 Å². The van der Waals surface area contributed by atoms with Crippen LogP contribution in [0.3, 0.4) is 0 Å². The minimum Gasteiger partial charge on any atom is -0.294 e. The zero-order valence-electron chi connectivity index (χ0n) is 12.3. The largest absolute Gasteiger partial charge is 0.294 e. The van der Waals surface area contributed by atoms with Crippen LogP contribution in [-0.2, 0) is 10.0 Å². The summed E-state index contributed by atoms with van der Waals surface area (Å²) in [5, 5.41) is -0.489. The van der Waals surface area contributed by atoms with Crippen molar-refractivity contribution in [3.8, 4) is 0 Å². The van der Waals surface area contributed by atoms with E-state index in [9.17, 15) is 17.6 Å². The highest BCUT2D eigenvalue weighted by molar-refractivity contribution is 7.89. The Morgan fingerprint density at radius 2 is 1.90 bits per heavy atom. The van der Waals surface area contributed by atoms with Gasteiger partial charge in [-0.3, -0.25) is 4.79 Å². The SMILES string of the molecule is CC(C)S(=O)(=O)N1CCCC(C(=O)c2ccc(F)cc2)C1. The number of carbonyl (C=O) groups excluding carboxylic acids is 1. The maximum absolute atomic E-state index is 12.9. The lowest BCUT2D eigenvalue weighted by molar-refractivity contribution is 0.0872. The van der Waals surface area contributed by atoms with E-state index in [1.807, 2.05) is 0 Å². The van der Waals surface area contributed by atoms with Gasteiger partial charge in [0.05, 0.1) is 5.25 Å². The molecule has 0 amide bonds. The molecule has 6 heteroatoms. The molecule has 0 bridgehead atoms. The normalized spacial score (nSPS) is 20.7. The van der Waals surface area contributed by atoms with Crippen LogP contribution in [0.4, 0.5) is 4.39 Å². The molecule has 1 aliphatic rings. The Morgan fingerprint density at radius 3 is 2.48 bits per heavy atom. The zero-order valence-corrected chi connectivity index (χ0v) is 13.1. The van der Waals surface area contributed by atoms with Gasteiger partial charge >= 0.3 is 0 Å². The van der Waals surface area contributed by atoms with Crippen molar-refractivity contribution in [1.29, 1.82) is 0 Å². The standard InChI is InChI=1S/C15H20FNO3S/c1-11(2)21(19,20)17-9-3-4-13(10-17)15(18)12-5-7-14(16)8-6-12/h5-8,11,13H,3-4,9-10H2,1-2H3. The molecule has 4 nitrogen and oxygen atoms in total. The van der Waals surface area contributed by atoms with Gasteiger partial charge in [-0.2, -0.15) is 0 Å². The summed E-state index contributed by atoms with van der Waals surface area (Å²) in [5.41, 5.74) is 0.435. The van der Waals surface area contributed by atoms with Gasteiger partial charge in [0.2, 0.25) is 10.0 Å². The Labute approximate surface area is 125 Å². The summed E-state index contributed by atoms with van der Waals surface area (Å²) < 4.78 is 38.7. The van der Waals surface area contributed by atoms with E-state index in [1.165, 1.54) is 28.6 Å². The molecule has 0 radical (unpaired) electrons. The number of halogens is 1. The van der Waals surface area contributed by atoms with Crippen molar-refractivity contribution in [3.63, 3.8) is 0 Å². The van der Waals surface area contributed by atoms with Crippen LogP contribution in [0.5, 0.6) is 0 Å². The van der Waals surface area contributed by atoms with Crippen molar-refractivity contribution in [1.82, 2.24) is 4.31 Å². The van der Waals surface area contributed by atoms with Gasteiger partial charge in [0.25, 0.3) is 0 Å². The third kappa shape index (κ3) is 3.49. The van der Waals surface area contributed by atoms with Crippen LogP contribution in [0.15, 0.2) is 24.3 Å². The van der Waals surface area contributed by atoms with E-state index in [1.54, 1.807) is 13.8 Å². The fourth-order valence-electron chi connectivity index (χ4n) is 2.54. The van der Waals surface area contributed by atoms with Crippen molar-refractivity contribution >= 4 is 15.8 Å². The average molecular weight is 313 g/mol. The Kier molecular flexibility index (Phi) is 4.78. The lowest BCUT2D eigenvalue weighted by atomic mass is 9.91. The van der Waals surface area contributed by atoms with Gasteiger partial charge in [-0.05, 0) is 51.0 Å². The number of nitrogens with zero attached hydrogens (tertiary/aromatic N) is 1. The molecule has 1 atom stereocenters. The van der Waals surface area contributed by atoms with E-state index in [-0.39, 0.29) is 24.1 Å². The molecule has 1 aliphatic heterocycles. The quantitative estimate of drug-likeness (QED) is 0.802. The van der Waals surface area contributed by atoms with Crippen LogP contribution in [0.1, 0.15) is 37.0 Å². The Balaban J connectivity index is 2.14. The van der Waals surface area contributed by atoms with Crippen LogP contribution in [0.25, 0.3) is 0 Å². The molecule has 0 N–H and O–H groups in total. The number of hydrogen-bond donors (Lipinski definition) is 0. The third-order valence-corrected chi connectivity index (χ3v) is 6.08. The van der Waals surface area contributed by atoms with Crippen LogP contribution >= 0.6 is 0 Å². The Hall–Kier alpha value is -1.27. The molecule has 2 rings (SSSR count). The van der Waals surface area contributed by atoms with E-state index < -0.39 is 15.3 Å². The summed E-state index contributed by atoms with van der Waals surface area (Å²) in [4.78, 5) is 12.4. The number of rotatable bonds is 4. The highest BCUT2D eigenvalue weighted by Gasteiger charge is 2.34. The van der Waals surface area contributed by atoms with E-state index >= 15 is 0 Å². The van der Waals surface area contributed by atoms with Gasteiger partial charge < -0.3 is 0 Å². The maximum Gasteiger partial charge on any atom is 0.216 e. The molecule has 0 aliphatic carbocycles. The summed E-state index contributed by atoms with van der Waals surface area (Å²) in [7, 11) is -3.33. The highest BCUT2D eigenvalue weighted by Crippen LogP contribution is 2.24. The smallest absolute Gasteiger partial charge is 0.216 e. The fourth-order valence-corrected chi connectivity index (χ4v) is 3.90. The molecule has 0 spiro atoms. The van der Waals surface area contributed by atoms with Gasteiger partial charge in [0.15, 0.2) is 5.78 Å². The minimum absolute atomic E-state index is 0.112. The number of hydrogen-bond acceptors (Lipinski definition) is 3. The Morgan fingerprint density at radius 1 is 1.29 bits per heavy atom. The molecule has 1 aromatic rings. The van der Waals surface area contributed by atoms with Crippen molar-refractivity contribution < 1.29 is 17.6 Å². The summed E-state index contributed by atoms with van der Waals surface area (Å²) in [6, 6.07) is 5.40. The fraction of sp³-hybridized carbons (Fsp3) is 0.533. The number of ketones is 1. The maximum atomic E-state index is 12.9. The molecule has 1 heterocycles. The van der Waals surface area contributed by atoms with Crippen molar-refractivity contribution in [3.05, 3.63) is 35.6 Å². The average Bonchev–Trinajstić information content (AvgIpc) is 2.47. The van der Waals surface area contributed by atoms with E-state index in [2.05, 4.69) is 0 Å². The zero-order chi connectivity index (χ0) is 15.6. The van der Waals surface area contributed by atoms with Gasteiger partial charge in [-0.1, -0.05) is 0 Å². The van der Waals surface area contributed by atoms with Crippen LogP contribution in [0.2, 0.25) is 0 Å². The second-order valence-corrected chi connectivity index (χ2v) is 8.15. The number of piperidine rings is 1. The first-order chi connectivity index (χ1) is 9.82. The van der Waals surface area contributed by atoms with Gasteiger partial charge in [-0.15, -0.1) is 0 Å². The molecule has 21 heavy (non-hydrogen) atoms. The van der Waals surface area contributed by atoms with Gasteiger partial charge in [-0.25, -0.2) is 17.1 Å². The van der Waals surface area contributed by atoms with Crippen LogP contribution < -0.4 is 0 Å². The minimum atomic E-state index is -3.33. The first-order valence-corrected chi connectivity index (χ1v) is 8.61. The number of carbonyl (C=O) groups is 1. The topological polar surface area (TPSA) is 54.5 Å². The van der Waals surface area contributed by atoms with Crippen molar-refractivity contribution in [2.24, 2.45) is 5.92 Å². The summed E-state index contributed by atoms with van der Waals surface area (Å²) in [6.45, 7) is 3.96. The molecular weight excluding hydrogens is 293 g/mol. The summed E-state index contributed by atoms with van der Waals surface area (Å²) in [5.74, 6) is -0.851. The highest BCUT2D eigenvalue weighted by atomic mass is 32.2. The van der Waals surface area contributed by atoms with Crippen LogP contribution in [-0.4, -0.2) is 36.8 Å². The van der Waals surface area contributed by atoms with Crippen LogP contribution in [0, 0.1) is 11.7 Å². The Bertz CT molecular complexity index is 610. The van der Waals surface area contributed by atoms with Crippen molar-refractivity contribution in [2.45, 2.75) is 31.9 Å². The van der Waals surface area contributed by atoms with Gasteiger partial charge in [0.1, 0.15) is 5.82 Å². The monoisotopic (exact) mass is 313 g/mol. The number of benzene rings is 1. The van der Waals surface area contributed by atoms with E-state index in [0.717, 1.165) is 0 Å². The second-order valence-electron chi connectivity index (χ2n) is 5.66. The number of Topliss-reactive ketones (excluding diaryl/α,β-unsaturated/α-hetero) is 1. The molecule has 1 unspecified atom stereocenters. The van der Waals surface area contributed by atoms with E-state index in [4.69, 9.17) is 0 Å². The molecule has 1 aromatic carbocycles. The third-order valence-electron chi connectivity index (χ3n) is 3.84. The first kappa shape index (κ1) is 16.1. The molecule has 0 saturated carbocycles. The molecular formula is C15H20FNO3S. The molecule has 116 valence electrons. The predicted octanol–water partition coefficient (Wildman–Crippen LogP) is 2.46. The second kappa shape index (κ2) is 6.23. The molecule has 0 aromatic heterocycles. The van der Waals surface area contributed by atoms with Gasteiger partial charge in [0, 0.05) is 24.6 Å². The summed E-state index contributed by atoms with van der Waals surface area (Å²) >= 11 is 0. The summed E-state index contributed by atoms with van der Waals surface area (Å²) in [6.07, 6.45) is 1.34. The molecule has 1 saturated heterocycles. The lowest BCUT2D eigenvalue weighted by Gasteiger charge is -2.32. The van der Waals surface area contributed by atoms with Crippen molar-refractivity contribution in [2.75, 3.05) is 13.1 Å². The molecule has 1 fully saturated rings.